The first-order valence-corrected chi connectivity index (χ1v) is 14.8. The third kappa shape index (κ3) is 5.93. The van der Waals surface area contributed by atoms with E-state index in [1.54, 1.807) is 0 Å². The fourth-order valence-electron chi connectivity index (χ4n) is 2.79. The van der Waals surface area contributed by atoms with Crippen LogP contribution in [0, 0.1) is 0 Å². The Balaban J connectivity index is 2.52. The quantitative estimate of drug-likeness (QED) is 0.676. The van der Waals surface area contributed by atoms with E-state index in [-0.39, 0.29) is 0 Å². The molecule has 2 nitrogen and oxygen atoms in total. The molecule has 0 N–H and O–H groups in total. The molecule has 1 saturated heterocycles. The summed E-state index contributed by atoms with van der Waals surface area (Å²) in [5, 5.41) is 0. The van der Waals surface area contributed by atoms with Gasteiger partial charge in [-0.15, -0.1) is 0 Å². The van der Waals surface area contributed by atoms with Crippen molar-refractivity contribution in [1.29, 1.82) is 0 Å². The Kier molecular flexibility index (Phi) is 8.13. The Morgan fingerprint density at radius 1 is 1.06 bits per heavy atom. The average Bonchev–Trinajstić information content (AvgIpc) is 2.31. The molecule has 0 amide bonds. The molecule has 0 bridgehead atoms. The number of hydrogen-bond donors (Lipinski definition) is 0. The van der Waals surface area contributed by atoms with Gasteiger partial charge in [-0.1, -0.05) is 0 Å². The number of rotatable bonds is 6. The monoisotopic (exact) mass is 349 g/mol. The molecule has 0 unspecified atom stereocenters. The second kappa shape index (κ2) is 8.76. The van der Waals surface area contributed by atoms with Gasteiger partial charge in [-0.3, -0.25) is 0 Å². The van der Waals surface area contributed by atoms with Gasteiger partial charge < -0.3 is 0 Å². The summed E-state index contributed by atoms with van der Waals surface area (Å²) in [6.07, 6.45) is 6.90. The van der Waals surface area contributed by atoms with E-state index in [0.29, 0.717) is 0 Å². The van der Waals surface area contributed by atoms with Crippen molar-refractivity contribution in [3.63, 3.8) is 0 Å². The molecule has 102 valence electrons. The van der Waals surface area contributed by atoms with Gasteiger partial charge in [-0.05, 0) is 0 Å². The first-order valence-electron chi connectivity index (χ1n) is 7.55. The van der Waals surface area contributed by atoms with Crippen LogP contribution in [0.15, 0.2) is 0 Å². The number of unbranched alkanes of at least 4 members (excludes halogenated alkanes) is 2. The average molecular weight is 348 g/mol. The maximum atomic E-state index is 6.51. The normalized spacial score (nSPS) is 22.1. The third-order valence-corrected chi connectivity index (χ3v) is 17.2. The van der Waals surface area contributed by atoms with Crippen LogP contribution < -0.4 is 0 Å². The zero-order valence-corrected chi connectivity index (χ0v) is 15.0. The van der Waals surface area contributed by atoms with E-state index in [1.807, 2.05) is 0 Å². The van der Waals surface area contributed by atoms with Crippen LogP contribution in [0.3, 0.4) is 0 Å². The van der Waals surface area contributed by atoms with Gasteiger partial charge in [0.15, 0.2) is 0 Å². The Hall–Kier alpha value is 0.719. The van der Waals surface area contributed by atoms with Gasteiger partial charge in [0.2, 0.25) is 0 Å². The molecular formula is C14H31NOSn. The van der Waals surface area contributed by atoms with Crippen molar-refractivity contribution in [1.82, 2.24) is 4.90 Å². The summed E-state index contributed by atoms with van der Waals surface area (Å²) >= 11 is -2.17. The molecule has 1 aliphatic rings. The third-order valence-electron chi connectivity index (χ3n) is 4.03. The number of hydrogen-bond acceptors (Lipinski definition) is 2. The molecule has 0 aromatic heterocycles. The first-order chi connectivity index (χ1) is 8.22. The molecular weight excluding hydrogens is 317 g/mol. The van der Waals surface area contributed by atoms with Crippen LogP contribution in [0.4, 0.5) is 0 Å². The summed E-state index contributed by atoms with van der Waals surface area (Å²) in [7, 11) is 2.23. The molecule has 1 heterocycles. The van der Waals surface area contributed by atoms with Gasteiger partial charge in [-0.25, -0.2) is 0 Å². The summed E-state index contributed by atoms with van der Waals surface area (Å²) in [5.41, 5.74) is 0. The second-order valence-electron chi connectivity index (χ2n) is 5.65. The van der Waals surface area contributed by atoms with Gasteiger partial charge in [0.25, 0.3) is 0 Å². The Labute approximate surface area is 113 Å². The van der Waals surface area contributed by atoms with Crippen LogP contribution in [-0.4, -0.2) is 50.4 Å². The van der Waals surface area contributed by atoms with E-state index in [1.165, 1.54) is 52.0 Å². The van der Waals surface area contributed by atoms with E-state index in [2.05, 4.69) is 25.8 Å². The fraction of sp³-hybridized carbons (Fsp3) is 1.00. The van der Waals surface area contributed by atoms with Crippen LogP contribution >= 0.6 is 0 Å². The molecule has 0 aromatic carbocycles. The van der Waals surface area contributed by atoms with Crippen LogP contribution in [0.1, 0.15) is 46.0 Å². The van der Waals surface area contributed by atoms with Gasteiger partial charge >= 0.3 is 113 Å². The van der Waals surface area contributed by atoms with Gasteiger partial charge in [0, 0.05) is 0 Å². The molecule has 3 heteroatoms. The number of nitrogens with zero attached hydrogens (tertiary/aromatic N) is 1. The summed E-state index contributed by atoms with van der Waals surface area (Å²) in [4.78, 5) is 2.43. The molecule has 17 heavy (non-hydrogen) atoms. The minimum atomic E-state index is -2.17. The molecule has 0 aliphatic carbocycles. The zero-order chi connectivity index (χ0) is 12.6. The fourth-order valence-corrected chi connectivity index (χ4v) is 15.6. The topological polar surface area (TPSA) is 12.5 Å². The molecule has 0 atom stereocenters. The van der Waals surface area contributed by atoms with E-state index < -0.39 is 18.8 Å². The first kappa shape index (κ1) is 15.8. The van der Waals surface area contributed by atoms with E-state index >= 15 is 0 Å². The van der Waals surface area contributed by atoms with Crippen molar-refractivity contribution < 1.29 is 3.07 Å². The molecule has 1 aliphatic heterocycles. The minimum absolute atomic E-state index is 1.01. The van der Waals surface area contributed by atoms with Crippen LogP contribution in [0.2, 0.25) is 13.3 Å². The zero-order valence-electron chi connectivity index (χ0n) is 12.1. The van der Waals surface area contributed by atoms with Gasteiger partial charge in [0.1, 0.15) is 0 Å². The predicted octanol–water partition coefficient (Wildman–Crippen LogP) is 3.88. The second-order valence-corrected chi connectivity index (χ2v) is 17.5. The van der Waals surface area contributed by atoms with Crippen LogP contribution in [0.25, 0.3) is 0 Å². The molecule has 0 aromatic rings. The molecule has 0 saturated carbocycles. The summed E-state index contributed by atoms with van der Waals surface area (Å²) in [6, 6.07) is 0. The van der Waals surface area contributed by atoms with Crippen molar-refractivity contribution in [2.45, 2.75) is 59.3 Å². The maximum absolute atomic E-state index is 6.51. The van der Waals surface area contributed by atoms with Crippen LogP contribution in [0.5, 0.6) is 0 Å². The summed E-state index contributed by atoms with van der Waals surface area (Å²) < 4.78 is 10.9. The van der Waals surface area contributed by atoms with E-state index in [0.717, 1.165) is 13.2 Å². The standard InChI is InChI=1S/C6H13NO.2C4H9.Sn/c1-3-4-7(2)5-6-8;2*1-3-4-2;/h1,3-6H2,2H3;2*1,3-4H2,2H3;/q-1;;;+1. The molecule has 1 fully saturated rings. The molecule has 0 spiro atoms. The van der Waals surface area contributed by atoms with Crippen molar-refractivity contribution in [2.75, 3.05) is 26.7 Å². The van der Waals surface area contributed by atoms with Crippen molar-refractivity contribution in [3.8, 4) is 0 Å². The molecule has 0 radical (unpaired) electrons. The Bertz CT molecular complexity index is 179. The number of likely N-dealkylation sites (N-methyl/N-ethyl adjacent to an activating group) is 1. The Morgan fingerprint density at radius 3 is 2.29 bits per heavy atom. The van der Waals surface area contributed by atoms with E-state index in [9.17, 15) is 0 Å². The SMILES string of the molecule is CCC[CH2][Sn]1([CH2]CCC)[CH2]CCN(C)CC[O]1. The van der Waals surface area contributed by atoms with Crippen LogP contribution in [-0.2, 0) is 3.07 Å². The Morgan fingerprint density at radius 2 is 1.71 bits per heavy atom. The van der Waals surface area contributed by atoms with Gasteiger partial charge in [-0.2, -0.15) is 0 Å². The summed E-state index contributed by atoms with van der Waals surface area (Å²) in [6.45, 7) is 8.09. The van der Waals surface area contributed by atoms with Crippen molar-refractivity contribution in [3.05, 3.63) is 0 Å². The summed E-state index contributed by atoms with van der Waals surface area (Å²) in [5.74, 6) is 0. The van der Waals surface area contributed by atoms with E-state index in [4.69, 9.17) is 3.07 Å². The molecule has 1 rings (SSSR count). The van der Waals surface area contributed by atoms with Crippen molar-refractivity contribution in [2.24, 2.45) is 0 Å². The van der Waals surface area contributed by atoms with Crippen molar-refractivity contribution >= 4 is 18.8 Å². The van der Waals surface area contributed by atoms with Gasteiger partial charge in [0.05, 0.1) is 0 Å². The predicted molar refractivity (Wildman–Crippen MR) is 78.1 cm³/mol.